The zero-order chi connectivity index (χ0) is 13.8. The van der Waals surface area contributed by atoms with Crippen LogP contribution in [-0.4, -0.2) is 11.0 Å². The number of hydrogen-bond donors (Lipinski definition) is 2. The average molecular weight is 255 g/mol. The zero-order valence-electron chi connectivity index (χ0n) is 9.85. The van der Waals surface area contributed by atoms with E-state index in [9.17, 15) is 14.3 Å². The van der Waals surface area contributed by atoms with Gasteiger partial charge < -0.3 is 10.4 Å². The van der Waals surface area contributed by atoms with Crippen molar-refractivity contribution in [2.75, 3.05) is 5.32 Å². The highest BCUT2D eigenvalue weighted by Crippen LogP contribution is 2.20. The summed E-state index contributed by atoms with van der Waals surface area (Å²) in [4.78, 5) is 11.9. The van der Waals surface area contributed by atoms with Gasteiger partial charge in [-0.25, -0.2) is 4.39 Å². The summed E-state index contributed by atoms with van der Waals surface area (Å²) < 4.78 is 12.8. The molecule has 0 bridgehead atoms. The minimum Gasteiger partial charge on any atom is -0.507 e. The van der Waals surface area contributed by atoms with Gasteiger partial charge >= 0.3 is 0 Å². The van der Waals surface area contributed by atoms with Crippen molar-refractivity contribution >= 4 is 11.6 Å². The molecule has 0 aliphatic heterocycles. The van der Waals surface area contributed by atoms with Crippen LogP contribution >= 0.6 is 0 Å². The summed E-state index contributed by atoms with van der Waals surface area (Å²) in [5.74, 6) is 0.894. The molecule has 0 radical (unpaired) electrons. The molecule has 2 aromatic carbocycles. The number of terminal acetylenes is 1. The van der Waals surface area contributed by atoms with Crippen molar-refractivity contribution in [3.63, 3.8) is 0 Å². The van der Waals surface area contributed by atoms with Crippen LogP contribution in [0.15, 0.2) is 42.5 Å². The Labute approximate surface area is 109 Å². The number of phenols is 1. The lowest BCUT2D eigenvalue weighted by Crippen LogP contribution is -2.12. The van der Waals surface area contributed by atoms with Crippen molar-refractivity contribution in [3.05, 3.63) is 59.4 Å². The zero-order valence-corrected chi connectivity index (χ0v) is 9.85. The molecule has 19 heavy (non-hydrogen) atoms. The van der Waals surface area contributed by atoms with Crippen molar-refractivity contribution in [1.82, 2.24) is 0 Å². The van der Waals surface area contributed by atoms with E-state index in [-0.39, 0.29) is 5.56 Å². The standard InChI is InChI=1S/C15H10FNO2/c1-2-10-4-3-5-12(8-10)17-15(19)13-7-6-11(16)9-14(13)18/h1,3-9,18H,(H,17,19). The Kier molecular flexibility index (Phi) is 3.48. The van der Waals surface area contributed by atoms with Crippen LogP contribution in [0.25, 0.3) is 0 Å². The van der Waals surface area contributed by atoms with Crippen LogP contribution < -0.4 is 5.32 Å². The maximum atomic E-state index is 12.8. The third-order valence-electron chi connectivity index (χ3n) is 2.49. The molecule has 0 aliphatic carbocycles. The molecule has 94 valence electrons. The van der Waals surface area contributed by atoms with E-state index >= 15 is 0 Å². The molecular formula is C15H10FNO2. The van der Waals surface area contributed by atoms with Crippen LogP contribution in [0.2, 0.25) is 0 Å². The Hall–Kier alpha value is -2.80. The minimum atomic E-state index is -0.608. The third-order valence-corrected chi connectivity index (χ3v) is 2.49. The lowest BCUT2D eigenvalue weighted by molar-refractivity contribution is 0.102. The summed E-state index contributed by atoms with van der Waals surface area (Å²) >= 11 is 0. The van der Waals surface area contributed by atoms with Gasteiger partial charge in [-0.1, -0.05) is 12.0 Å². The van der Waals surface area contributed by atoms with Crippen LogP contribution in [-0.2, 0) is 0 Å². The number of nitrogens with one attached hydrogen (secondary N) is 1. The highest BCUT2D eigenvalue weighted by molar-refractivity contribution is 6.06. The second kappa shape index (κ2) is 5.23. The number of benzene rings is 2. The Morgan fingerprint density at radius 2 is 2.05 bits per heavy atom. The molecule has 2 aromatic rings. The summed E-state index contributed by atoms with van der Waals surface area (Å²) in [6, 6.07) is 9.92. The molecule has 0 unspecified atom stereocenters. The quantitative estimate of drug-likeness (QED) is 0.811. The minimum absolute atomic E-state index is 0.00693. The van der Waals surface area contributed by atoms with Crippen LogP contribution in [0.1, 0.15) is 15.9 Å². The Morgan fingerprint density at radius 1 is 1.26 bits per heavy atom. The van der Waals surface area contributed by atoms with Crippen LogP contribution in [0.4, 0.5) is 10.1 Å². The molecule has 3 nitrogen and oxygen atoms in total. The van der Waals surface area contributed by atoms with E-state index in [1.54, 1.807) is 24.3 Å². The fraction of sp³-hybridized carbons (Fsp3) is 0. The SMILES string of the molecule is C#Cc1cccc(NC(=O)c2ccc(F)cc2O)c1. The highest BCUT2D eigenvalue weighted by atomic mass is 19.1. The number of carbonyl (C=O) groups excluding carboxylic acids is 1. The van der Waals surface area contributed by atoms with Crippen molar-refractivity contribution < 1.29 is 14.3 Å². The predicted octanol–water partition coefficient (Wildman–Crippen LogP) is 2.76. The van der Waals surface area contributed by atoms with Gasteiger partial charge in [0.05, 0.1) is 5.56 Å². The first-order chi connectivity index (χ1) is 9.10. The molecule has 1 amide bonds. The molecule has 2 N–H and O–H groups in total. The number of halogens is 1. The Balaban J connectivity index is 2.23. The van der Waals surface area contributed by atoms with E-state index in [1.165, 1.54) is 6.07 Å². The number of rotatable bonds is 2. The van der Waals surface area contributed by atoms with E-state index in [4.69, 9.17) is 6.42 Å². The van der Waals surface area contributed by atoms with Gasteiger partial charge in [-0.05, 0) is 30.3 Å². The topological polar surface area (TPSA) is 49.3 Å². The van der Waals surface area contributed by atoms with Crippen LogP contribution in [0.3, 0.4) is 0 Å². The molecule has 0 spiro atoms. The van der Waals surface area contributed by atoms with Crippen LogP contribution in [0, 0.1) is 18.2 Å². The van der Waals surface area contributed by atoms with Gasteiger partial charge in [0, 0.05) is 17.3 Å². The molecule has 4 heteroatoms. The summed E-state index contributed by atoms with van der Waals surface area (Å²) in [6.07, 6.45) is 5.26. The molecule has 0 fully saturated rings. The van der Waals surface area contributed by atoms with E-state index in [1.807, 2.05) is 0 Å². The molecule has 0 heterocycles. The maximum Gasteiger partial charge on any atom is 0.259 e. The van der Waals surface area contributed by atoms with Gasteiger partial charge in [-0.3, -0.25) is 4.79 Å². The Bertz CT molecular complexity index is 674. The predicted molar refractivity (Wildman–Crippen MR) is 70.4 cm³/mol. The van der Waals surface area contributed by atoms with Crippen molar-refractivity contribution in [3.8, 4) is 18.1 Å². The van der Waals surface area contributed by atoms with Gasteiger partial charge in [0.1, 0.15) is 11.6 Å². The third kappa shape index (κ3) is 2.90. The van der Waals surface area contributed by atoms with E-state index in [0.717, 1.165) is 12.1 Å². The van der Waals surface area contributed by atoms with E-state index < -0.39 is 17.5 Å². The fourth-order valence-corrected chi connectivity index (χ4v) is 1.58. The maximum absolute atomic E-state index is 12.8. The first-order valence-electron chi connectivity index (χ1n) is 5.46. The average Bonchev–Trinajstić information content (AvgIpc) is 2.38. The molecule has 0 saturated heterocycles. The van der Waals surface area contributed by atoms with Crippen molar-refractivity contribution in [2.45, 2.75) is 0 Å². The molecular weight excluding hydrogens is 245 g/mol. The van der Waals surface area contributed by atoms with Crippen molar-refractivity contribution in [1.29, 1.82) is 0 Å². The number of amides is 1. The second-order valence-electron chi connectivity index (χ2n) is 3.84. The lowest BCUT2D eigenvalue weighted by atomic mass is 10.1. The van der Waals surface area contributed by atoms with Gasteiger partial charge in [-0.2, -0.15) is 0 Å². The number of phenolic OH excluding ortho intramolecular Hbond substituents is 1. The number of anilines is 1. The molecule has 0 aliphatic rings. The molecule has 0 aromatic heterocycles. The summed E-state index contributed by atoms with van der Waals surface area (Å²) in [5, 5.41) is 12.1. The monoisotopic (exact) mass is 255 g/mol. The second-order valence-corrected chi connectivity index (χ2v) is 3.84. The largest absolute Gasteiger partial charge is 0.507 e. The first-order valence-corrected chi connectivity index (χ1v) is 5.46. The van der Waals surface area contributed by atoms with Gasteiger partial charge in [0.2, 0.25) is 0 Å². The van der Waals surface area contributed by atoms with Crippen LogP contribution in [0.5, 0.6) is 5.75 Å². The lowest BCUT2D eigenvalue weighted by Gasteiger charge is -2.07. The molecule has 0 saturated carbocycles. The fourth-order valence-electron chi connectivity index (χ4n) is 1.58. The number of aromatic hydroxyl groups is 1. The number of hydrogen-bond acceptors (Lipinski definition) is 2. The smallest absolute Gasteiger partial charge is 0.259 e. The summed E-state index contributed by atoms with van der Waals surface area (Å²) in [6.45, 7) is 0. The molecule has 0 atom stereocenters. The van der Waals surface area contributed by atoms with Crippen molar-refractivity contribution in [2.24, 2.45) is 0 Å². The Morgan fingerprint density at radius 3 is 2.74 bits per heavy atom. The molecule has 2 rings (SSSR count). The number of carbonyl (C=O) groups is 1. The van der Waals surface area contributed by atoms with Gasteiger partial charge in [-0.15, -0.1) is 6.42 Å². The van der Waals surface area contributed by atoms with E-state index in [2.05, 4.69) is 11.2 Å². The first kappa shape index (κ1) is 12.7. The summed E-state index contributed by atoms with van der Waals surface area (Å²) in [7, 11) is 0. The summed E-state index contributed by atoms with van der Waals surface area (Å²) in [5.41, 5.74) is 1.12. The van der Waals surface area contributed by atoms with Gasteiger partial charge in [0.15, 0.2) is 0 Å². The van der Waals surface area contributed by atoms with E-state index in [0.29, 0.717) is 11.3 Å². The van der Waals surface area contributed by atoms with Gasteiger partial charge in [0.25, 0.3) is 5.91 Å². The normalized spacial score (nSPS) is 9.68. The highest BCUT2D eigenvalue weighted by Gasteiger charge is 2.12.